The fraction of sp³-hybridized carbons (Fsp3) is 0.308. The molecule has 0 fully saturated rings. The maximum atomic E-state index is 13.2. The van der Waals surface area contributed by atoms with E-state index in [0.717, 1.165) is 31.0 Å². The topological polar surface area (TPSA) is 54.7 Å². The van der Waals surface area contributed by atoms with Crippen LogP contribution in [0.2, 0.25) is 0 Å². The lowest BCUT2D eigenvalue weighted by Crippen LogP contribution is -1.93. The second kappa shape index (κ2) is 5.16. The molecule has 0 bridgehead atoms. The van der Waals surface area contributed by atoms with Crippen molar-refractivity contribution in [3.8, 4) is 11.1 Å². The van der Waals surface area contributed by atoms with Crippen molar-refractivity contribution >= 4 is 5.82 Å². The van der Waals surface area contributed by atoms with E-state index >= 15 is 0 Å². The van der Waals surface area contributed by atoms with Gasteiger partial charge < -0.3 is 5.73 Å². The van der Waals surface area contributed by atoms with Gasteiger partial charge in [0.15, 0.2) is 5.82 Å². The molecule has 0 amide bonds. The molecule has 0 aliphatic rings. The van der Waals surface area contributed by atoms with E-state index in [2.05, 4.69) is 17.1 Å². The van der Waals surface area contributed by atoms with Gasteiger partial charge in [0.1, 0.15) is 11.6 Å². The van der Waals surface area contributed by atoms with E-state index in [4.69, 9.17) is 5.73 Å². The van der Waals surface area contributed by atoms with Gasteiger partial charge in [-0.25, -0.2) is 8.78 Å². The molecule has 0 spiro atoms. The monoisotopic (exact) mass is 251 g/mol. The number of unbranched alkanes of at least 4 members (excludes halogenated alkanes) is 1. The lowest BCUT2D eigenvalue weighted by Gasteiger charge is -2.04. The third-order valence-corrected chi connectivity index (χ3v) is 2.80. The van der Waals surface area contributed by atoms with Crippen LogP contribution in [0.1, 0.15) is 25.5 Å². The lowest BCUT2D eigenvalue weighted by molar-refractivity contribution is 0.584. The fourth-order valence-electron chi connectivity index (χ4n) is 1.95. The number of nitrogens with two attached hydrogens (primary N) is 1. The quantitative estimate of drug-likeness (QED) is 0.876. The minimum absolute atomic E-state index is 0.270. The summed E-state index contributed by atoms with van der Waals surface area (Å²) in [6.45, 7) is 2.07. The fourth-order valence-corrected chi connectivity index (χ4v) is 1.95. The van der Waals surface area contributed by atoms with Gasteiger partial charge in [-0.2, -0.15) is 5.10 Å². The average Bonchev–Trinajstić information content (AvgIpc) is 2.66. The third kappa shape index (κ3) is 2.50. The predicted molar refractivity (Wildman–Crippen MR) is 67.0 cm³/mol. The minimum Gasteiger partial charge on any atom is -0.382 e. The highest BCUT2D eigenvalue weighted by atomic mass is 19.1. The standard InChI is InChI=1S/C13H15F2N3/c1-2-3-4-11-12(13(16)18-17-11)8-5-9(14)7-10(15)6-8/h5-7H,2-4H2,1H3,(H3,16,17,18). The van der Waals surface area contributed by atoms with Gasteiger partial charge in [0, 0.05) is 17.3 Å². The number of H-pyrrole nitrogens is 1. The summed E-state index contributed by atoms with van der Waals surface area (Å²) in [5.74, 6) is -0.967. The van der Waals surface area contributed by atoms with Crippen LogP contribution >= 0.6 is 0 Å². The van der Waals surface area contributed by atoms with Gasteiger partial charge in [-0.1, -0.05) is 13.3 Å². The van der Waals surface area contributed by atoms with Crippen LogP contribution in [-0.2, 0) is 6.42 Å². The molecule has 3 nitrogen and oxygen atoms in total. The molecule has 0 atom stereocenters. The summed E-state index contributed by atoms with van der Waals surface area (Å²) in [4.78, 5) is 0. The first-order chi connectivity index (χ1) is 8.61. The molecule has 2 rings (SSSR count). The average molecular weight is 251 g/mol. The van der Waals surface area contributed by atoms with Crippen LogP contribution in [0.4, 0.5) is 14.6 Å². The molecule has 0 aliphatic heterocycles. The summed E-state index contributed by atoms with van der Waals surface area (Å²) in [6, 6.07) is 3.37. The van der Waals surface area contributed by atoms with Gasteiger partial charge in [0.05, 0.1) is 0 Å². The number of nitrogens with one attached hydrogen (secondary N) is 1. The molecule has 1 heterocycles. The van der Waals surface area contributed by atoms with Crippen LogP contribution in [0.5, 0.6) is 0 Å². The van der Waals surface area contributed by atoms with Crippen molar-refractivity contribution in [2.45, 2.75) is 26.2 Å². The Labute approximate surface area is 104 Å². The third-order valence-electron chi connectivity index (χ3n) is 2.80. The molecule has 3 N–H and O–H groups in total. The van der Waals surface area contributed by atoms with Crippen molar-refractivity contribution in [1.29, 1.82) is 0 Å². The van der Waals surface area contributed by atoms with E-state index in [-0.39, 0.29) is 5.82 Å². The van der Waals surface area contributed by atoms with Crippen LogP contribution in [-0.4, -0.2) is 10.2 Å². The number of aryl methyl sites for hydroxylation is 1. The SMILES string of the molecule is CCCCc1[nH]nc(N)c1-c1cc(F)cc(F)c1. The van der Waals surface area contributed by atoms with Crippen LogP contribution in [0.3, 0.4) is 0 Å². The highest BCUT2D eigenvalue weighted by Crippen LogP contribution is 2.30. The van der Waals surface area contributed by atoms with E-state index < -0.39 is 11.6 Å². The Kier molecular flexibility index (Phi) is 3.60. The molecule has 0 saturated carbocycles. The van der Waals surface area contributed by atoms with Gasteiger partial charge in [-0.15, -0.1) is 0 Å². The Morgan fingerprint density at radius 3 is 2.50 bits per heavy atom. The first kappa shape index (κ1) is 12.5. The number of aromatic nitrogens is 2. The number of hydrogen-bond donors (Lipinski definition) is 2. The molecular weight excluding hydrogens is 236 g/mol. The number of hydrogen-bond acceptors (Lipinski definition) is 2. The van der Waals surface area contributed by atoms with E-state index in [1.54, 1.807) is 0 Å². The zero-order chi connectivity index (χ0) is 13.1. The molecule has 0 radical (unpaired) electrons. The van der Waals surface area contributed by atoms with Gasteiger partial charge in [0.2, 0.25) is 0 Å². The molecule has 2 aromatic rings. The molecular formula is C13H15F2N3. The molecule has 0 aliphatic carbocycles. The molecule has 1 aromatic carbocycles. The number of benzene rings is 1. The molecule has 96 valence electrons. The second-order valence-corrected chi connectivity index (χ2v) is 4.22. The minimum atomic E-state index is -0.618. The second-order valence-electron chi connectivity index (χ2n) is 4.22. The first-order valence-electron chi connectivity index (χ1n) is 5.91. The van der Waals surface area contributed by atoms with Gasteiger partial charge >= 0.3 is 0 Å². The van der Waals surface area contributed by atoms with Crippen molar-refractivity contribution in [1.82, 2.24) is 10.2 Å². The first-order valence-corrected chi connectivity index (χ1v) is 5.91. The van der Waals surface area contributed by atoms with Crippen molar-refractivity contribution < 1.29 is 8.78 Å². The van der Waals surface area contributed by atoms with Crippen molar-refractivity contribution in [3.63, 3.8) is 0 Å². The van der Waals surface area contributed by atoms with Crippen LogP contribution in [0.15, 0.2) is 18.2 Å². The Morgan fingerprint density at radius 1 is 1.22 bits per heavy atom. The maximum Gasteiger partial charge on any atom is 0.153 e. The molecule has 0 saturated heterocycles. The highest BCUT2D eigenvalue weighted by molar-refractivity contribution is 5.76. The Hall–Kier alpha value is -1.91. The molecule has 18 heavy (non-hydrogen) atoms. The van der Waals surface area contributed by atoms with Crippen molar-refractivity contribution in [2.75, 3.05) is 5.73 Å². The van der Waals surface area contributed by atoms with Gasteiger partial charge in [0.25, 0.3) is 0 Å². The highest BCUT2D eigenvalue weighted by Gasteiger charge is 2.14. The summed E-state index contributed by atoms with van der Waals surface area (Å²) in [6.07, 6.45) is 2.75. The maximum absolute atomic E-state index is 13.2. The van der Waals surface area contributed by atoms with Gasteiger partial charge in [-0.05, 0) is 30.5 Å². The molecule has 5 heteroatoms. The molecule has 0 unspecified atom stereocenters. The normalized spacial score (nSPS) is 10.8. The summed E-state index contributed by atoms with van der Waals surface area (Å²) in [5.41, 5.74) is 7.60. The van der Waals surface area contributed by atoms with Gasteiger partial charge in [-0.3, -0.25) is 5.10 Å². The smallest absolute Gasteiger partial charge is 0.153 e. The number of nitrogens with zero attached hydrogens (tertiary/aromatic N) is 1. The Bertz CT molecular complexity index is 529. The Balaban J connectivity index is 2.45. The number of aromatic amines is 1. The number of nitrogen functional groups attached to an aromatic ring is 1. The molecule has 1 aromatic heterocycles. The zero-order valence-corrected chi connectivity index (χ0v) is 10.1. The van der Waals surface area contributed by atoms with Crippen LogP contribution in [0.25, 0.3) is 11.1 Å². The Morgan fingerprint density at radius 2 is 1.89 bits per heavy atom. The largest absolute Gasteiger partial charge is 0.382 e. The summed E-state index contributed by atoms with van der Waals surface area (Å²) < 4.78 is 26.4. The summed E-state index contributed by atoms with van der Waals surface area (Å²) in [7, 11) is 0. The summed E-state index contributed by atoms with van der Waals surface area (Å²) >= 11 is 0. The van der Waals surface area contributed by atoms with E-state index in [9.17, 15) is 8.78 Å². The summed E-state index contributed by atoms with van der Waals surface area (Å²) in [5, 5.41) is 6.74. The predicted octanol–water partition coefficient (Wildman–Crippen LogP) is 3.28. The number of anilines is 1. The van der Waals surface area contributed by atoms with E-state index in [0.29, 0.717) is 11.1 Å². The van der Waals surface area contributed by atoms with Crippen LogP contribution in [0, 0.1) is 11.6 Å². The number of rotatable bonds is 4. The lowest BCUT2D eigenvalue weighted by atomic mass is 10.0. The van der Waals surface area contributed by atoms with Crippen LogP contribution < -0.4 is 5.73 Å². The zero-order valence-electron chi connectivity index (χ0n) is 10.1. The van der Waals surface area contributed by atoms with Crippen molar-refractivity contribution in [2.24, 2.45) is 0 Å². The van der Waals surface area contributed by atoms with E-state index in [1.165, 1.54) is 12.1 Å². The van der Waals surface area contributed by atoms with E-state index in [1.807, 2.05) is 0 Å². The number of halogens is 2. The van der Waals surface area contributed by atoms with Crippen molar-refractivity contribution in [3.05, 3.63) is 35.5 Å².